The van der Waals surface area contributed by atoms with Gasteiger partial charge in [0.15, 0.2) is 0 Å². The number of benzene rings is 2. The predicted octanol–water partition coefficient (Wildman–Crippen LogP) is 6.22. The minimum Gasteiger partial charge on any atom is -0.507 e. The Morgan fingerprint density at radius 3 is 2.74 bits per heavy atom. The molecular weight excluding hydrogens is 460 g/mol. The van der Waals surface area contributed by atoms with Gasteiger partial charge in [-0.25, -0.2) is 4.79 Å². The lowest BCUT2D eigenvalue weighted by atomic mass is 10.0. The van der Waals surface area contributed by atoms with Gasteiger partial charge < -0.3 is 14.6 Å². The largest absolute Gasteiger partial charge is 0.507 e. The van der Waals surface area contributed by atoms with Crippen LogP contribution in [0.3, 0.4) is 0 Å². The first kappa shape index (κ1) is 23.1. The number of phenols is 1. The predicted molar refractivity (Wildman–Crippen MR) is 123 cm³/mol. The molecule has 0 amide bonds. The molecule has 0 spiro atoms. The first-order valence-electron chi connectivity index (χ1n) is 10.6. The number of phenolic OH excluding ortho intramolecular Hbond substituents is 1. The molecule has 1 aliphatic heterocycles. The number of ether oxygens (including phenoxy) is 2. The SMILES string of the molecule is C[C@H]1CCCC(=O)CCCC=Cc2cc(OCc3ccccc3Br)cc(O)c2C(=O)O1. The molecule has 0 aromatic heterocycles. The Balaban J connectivity index is 1.86. The third kappa shape index (κ3) is 6.69. The maximum Gasteiger partial charge on any atom is 0.342 e. The van der Waals surface area contributed by atoms with Gasteiger partial charge in [-0.3, -0.25) is 4.79 Å². The summed E-state index contributed by atoms with van der Waals surface area (Å²) in [6.45, 7) is 2.11. The fourth-order valence-corrected chi connectivity index (χ4v) is 3.87. The van der Waals surface area contributed by atoms with E-state index in [1.807, 2.05) is 30.3 Å². The monoisotopic (exact) mass is 486 g/mol. The molecule has 0 bridgehead atoms. The highest BCUT2D eigenvalue weighted by Crippen LogP contribution is 2.31. The number of carbonyl (C=O) groups excluding carboxylic acids is 2. The van der Waals surface area contributed by atoms with E-state index in [9.17, 15) is 14.7 Å². The Morgan fingerprint density at radius 2 is 1.94 bits per heavy atom. The highest BCUT2D eigenvalue weighted by molar-refractivity contribution is 9.10. The van der Waals surface area contributed by atoms with E-state index in [0.29, 0.717) is 50.0 Å². The molecule has 3 rings (SSSR count). The lowest BCUT2D eigenvalue weighted by Crippen LogP contribution is -2.17. The average molecular weight is 487 g/mol. The van der Waals surface area contributed by atoms with E-state index in [0.717, 1.165) is 16.5 Å². The lowest BCUT2D eigenvalue weighted by Gasteiger charge is -2.17. The van der Waals surface area contributed by atoms with Crippen molar-refractivity contribution < 1.29 is 24.2 Å². The van der Waals surface area contributed by atoms with Crippen molar-refractivity contribution in [2.45, 2.75) is 58.2 Å². The van der Waals surface area contributed by atoms with Gasteiger partial charge in [-0.2, -0.15) is 0 Å². The van der Waals surface area contributed by atoms with Crippen molar-refractivity contribution in [1.29, 1.82) is 0 Å². The first-order valence-corrected chi connectivity index (χ1v) is 11.4. The Hall–Kier alpha value is -2.60. The van der Waals surface area contributed by atoms with Gasteiger partial charge in [0.25, 0.3) is 0 Å². The second kappa shape index (κ2) is 11.1. The maximum atomic E-state index is 12.8. The van der Waals surface area contributed by atoms with Gasteiger partial charge in [0, 0.05) is 28.9 Å². The van der Waals surface area contributed by atoms with Crippen LogP contribution in [0.1, 0.15) is 66.9 Å². The number of esters is 1. The number of hydrogen-bond acceptors (Lipinski definition) is 5. The van der Waals surface area contributed by atoms with Crippen LogP contribution in [0.25, 0.3) is 6.08 Å². The molecule has 0 saturated heterocycles. The van der Waals surface area contributed by atoms with Crippen LogP contribution in [0, 0.1) is 0 Å². The van der Waals surface area contributed by atoms with Gasteiger partial charge in [-0.15, -0.1) is 0 Å². The van der Waals surface area contributed by atoms with E-state index >= 15 is 0 Å². The molecule has 0 saturated carbocycles. The Labute approximate surface area is 191 Å². The minimum absolute atomic E-state index is 0.129. The molecule has 0 unspecified atom stereocenters. The van der Waals surface area contributed by atoms with E-state index in [1.165, 1.54) is 6.07 Å². The number of carbonyl (C=O) groups is 2. The second-order valence-corrected chi connectivity index (χ2v) is 8.58. The topological polar surface area (TPSA) is 72.8 Å². The van der Waals surface area contributed by atoms with E-state index in [2.05, 4.69) is 15.9 Å². The normalized spacial score (nSPS) is 18.1. The number of aromatic hydroxyl groups is 1. The number of cyclic esters (lactones) is 1. The molecule has 0 radical (unpaired) electrons. The lowest BCUT2D eigenvalue weighted by molar-refractivity contribution is -0.119. The van der Waals surface area contributed by atoms with Crippen LogP contribution < -0.4 is 4.74 Å². The second-order valence-electron chi connectivity index (χ2n) is 7.73. The smallest absolute Gasteiger partial charge is 0.342 e. The van der Waals surface area contributed by atoms with Crippen molar-refractivity contribution in [1.82, 2.24) is 0 Å². The molecule has 2 aromatic rings. The van der Waals surface area contributed by atoms with Crippen molar-refractivity contribution in [3.63, 3.8) is 0 Å². The molecular formula is C25H27BrO5. The van der Waals surface area contributed by atoms with Crippen LogP contribution >= 0.6 is 15.9 Å². The summed E-state index contributed by atoms with van der Waals surface area (Å²) in [7, 11) is 0. The molecule has 1 N–H and O–H groups in total. The number of halogens is 1. The van der Waals surface area contributed by atoms with E-state index in [-0.39, 0.29) is 23.2 Å². The van der Waals surface area contributed by atoms with Gasteiger partial charge in [-0.1, -0.05) is 46.3 Å². The summed E-state index contributed by atoms with van der Waals surface area (Å²) < 4.78 is 12.3. The van der Waals surface area contributed by atoms with Gasteiger partial charge in [0.05, 0.1) is 6.10 Å². The quantitative estimate of drug-likeness (QED) is 0.521. The maximum absolute atomic E-state index is 12.8. The van der Waals surface area contributed by atoms with Gasteiger partial charge in [-0.05, 0) is 50.3 Å². The van der Waals surface area contributed by atoms with E-state index in [1.54, 1.807) is 19.1 Å². The molecule has 6 heteroatoms. The van der Waals surface area contributed by atoms with Gasteiger partial charge >= 0.3 is 5.97 Å². The molecule has 0 aliphatic carbocycles. The summed E-state index contributed by atoms with van der Waals surface area (Å²) in [6.07, 6.45) is 7.16. The van der Waals surface area contributed by atoms with Crippen LogP contribution in [0.5, 0.6) is 11.5 Å². The molecule has 164 valence electrons. The van der Waals surface area contributed by atoms with E-state index < -0.39 is 5.97 Å². The molecule has 2 aromatic carbocycles. The fraction of sp³-hybridized carbons (Fsp3) is 0.360. The van der Waals surface area contributed by atoms with Crippen LogP contribution in [0.15, 0.2) is 46.9 Å². The van der Waals surface area contributed by atoms with Crippen molar-refractivity contribution in [3.8, 4) is 11.5 Å². The molecule has 31 heavy (non-hydrogen) atoms. The number of ketones is 1. The zero-order valence-corrected chi connectivity index (χ0v) is 19.2. The van der Waals surface area contributed by atoms with Gasteiger partial charge in [0.1, 0.15) is 29.5 Å². The summed E-state index contributed by atoms with van der Waals surface area (Å²) in [5.74, 6) is -0.0623. The number of fused-ring (bicyclic) bond motifs is 1. The third-order valence-electron chi connectivity index (χ3n) is 5.18. The van der Waals surface area contributed by atoms with Gasteiger partial charge in [0.2, 0.25) is 0 Å². The minimum atomic E-state index is -0.578. The highest BCUT2D eigenvalue weighted by Gasteiger charge is 2.21. The summed E-state index contributed by atoms with van der Waals surface area (Å²) in [4.78, 5) is 24.7. The number of hydrogen-bond donors (Lipinski definition) is 1. The van der Waals surface area contributed by atoms with E-state index in [4.69, 9.17) is 9.47 Å². The molecule has 5 nitrogen and oxygen atoms in total. The van der Waals surface area contributed by atoms with Crippen LogP contribution in [0.2, 0.25) is 0 Å². The first-order chi connectivity index (χ1) is 14.9. The molecule has 1 heterocycles. The van der Waals surface area contributed by atoms with Crippen LogP contribution in [-0.4, -0.2) is 23.0 Å². The standard InChI is InChI=1S/C25H27BrO5/c1-17-8-7-12-20(27)11-4-2-3-9-18-14-21(15-23(28)24(18)25(29)31-17)30-16-19-10-5-6-13-22(19)26/h3,5-6,9-10,13-15,17,28H,2,4,7-8,11-12,16H2,1H3/t17-/m0/s1. The van der Waals surface area contributed by atoms with Crippen LogP contribution in [-0.2, 0) is 16.1 Å². The molecule has 1 atom stereocenters. The highest BCUT2D eigenvalue weighted by atomic mass is 79.9. The molecule has 1 aliphatic rings. The summed E-state index contributed by atoms with van der Waals surface area (Å²) in [5.41, 5.74) is 1.63. The van der Waals surface area contributed by atoms with Crippen LogP contribution in [0.4, 0.5) is 0 Å². The molecule has 0 fully saturated rings. The number of rotatable bonds is 3. The summed E-state index contributed by atoms with van der Waals surface area (Å²) in [6, 6.07) is 10.9. The number of Topliss-reactive ketones (excluding diaryl/α,β-unsaturated/α-hetero) is 1. The average Bonchev–Trinajstić information content (AvgIpc) is 2.72. The Morgan fingerprint density at radius 1 is 1.16 bits per heavy atom. The number of allylic oxidation sites excluding steroid dienone is 1. The summed E-state index contributed by atoms with van der Waals surface area (Å²) >= 11 is 3.50. The zero-order chi connectivity index (χ0) is 22.2. The zero-order valence-electron chi connectivity index (χ0n) is 17.6. The Bertz CT molecular complexity index is 966. The van der Waals surface area contributed by atoms with Crippen molar-refractivity contribution >= 4 is 33.8 Å². The van der Waals surface area contributed by atoms with Crippen molar-refractivity contribution in [2.24, 2.45) is 0 Å². The third-order valence-corrected chi connectivity index (χ3v) is 5.95. The Kier molecular flexibility index (Phi) is 8.29. The summed E-state index contributed by atoms with van der Waals surface area (Å²) in [5, 5.41) is 10.6. The fourth-order valence-electron chi connectivity index (χ4n) is 3.48. The van der Waals surface area contributed by atoms with Crippen molar-refractivity contribution in [2.75, 3.05) is 0 Å². The van der Waals surface area contributed by atoms with Crippen molar-refractivity contribution in [3.05, 3.63) is 63.6 Å².